The SMILES string of the molecule is C\C=C/C(O)=C\C(=C/C)P(/C=C/c1cc(Cl)c(C(=O)NC(C)C(=O)OC)c(Cl)c1)OCC. The minimum atomic E-state index is -1.16. The summed E-state index contributed by atoms with van der Waals surface area (Å²) in [7, 11) is 0.0779. The van der Waals surface area contributed by atoms with E-state index in [1.165, 1.54) is 14.0 Å². The number of amides is 1. The molecule has 1 aromatic rings. The summed E-state index contributed by atoms with van der Waals surface area (Å²) in [6.45, 7) is 7.57. The summed E-state index contributed by atoms with van der Waals surface area (Å²) in [5.74, 6) is 0.840. The number of nitrogens with one attached hydrogen (secondary N) is 1. The molecule has 0 heterocycles. The molecule has 0 fully saturated rings. The van der Waals surface area contributed by atoms with Gasteiger partial charge in [-0.25, -0.2) is 4.79 Å². The molecule has 1 amide bonds. The highest BCUT2D eigenvalue weighted by atomic mass is 35.5. The summed E-state index contributed by atoms with van der Waals surface area (Å²) in [5.41, 5.74) is 0.739. The van der Waals surface area contributed by atoms with Crippen LogP contribution in [0, 0.1) is 0 Å². The van der Waals surface area contributed by atoms with Gasteiger partial charge in [-0.3, -0.25) is 4.79 Å². The summed E-state index contributed by atoms with van der Waals surface area (Å²) in [5, 5.41) is 13.6. The van der Waals surface area contributed by atoms with Crippen molar-refractivity contribution in [2.75, 3.05) is 13.7 Å². The number of aliphatic hydroxyl groups excluding tert-OH is 1. The van der Waals surface area contributed by atoms with Crippen molar-refractivity contribution in [1.29, 1.82) is 0 Å². The van der Waals surface area contributed by atoms with Crippen molar-refractivity contribution in [2.24, 2.45) is 0 Å². The molecule has 0 aromatic heterocycles. The lowest BCUT2D eigenvalue weighted by molar-refractivity contribution is -0.142. The topological polar surface area (TPSA) is 84.9 Å². The Kier molecular flexibility index (Phi) is 12.3. The van der Waals surface area contributed by atoms with Gasteiger partial charge in [-0.2, -0.15) is 0 Å². The van der Waals surface area contributed by atoms with Gasteiger partial charge in [-0.05, 0) is 63.4 Å². The molecule has 2 unspecified atom stereocenters. The molecule has 2 N–H and O–H groups in total. The van der Waals surface area contributed by atoms with Gasteiger partial charge in [0.05, 0.1) is 30.9 Å². The second kappa shape index (κ2) is 14.1. The second-order valence-corrected chi connectivity index (χ2v) is 8.96. The van der Waals surface area contributed by atoms with E-state index >= 15 is 0 Å². The number of aliphatic hydroxyl groups is 1. The minimum Gasteiger partial charge on any atom is -0.508 e. The molecule has 1 aromatic carbocycles. The molecule has 32 heavy (non-hydrogen) atoms. The van der Waals surface area contributed by atoms with Gasteiger partial charge in [0.1, 0.15) is 11.8 Å². The Labute approximate surface area is 200 Å². The zero-order valence-electron chi connectivity index (χ0n) is 18.7. The zero-order chi connectivity index (χ0) is 24.3. The Morgan fingerprint density at radius 1 is 1.25 bits per heavy atom. The Bertz CT molecular complexity index is 917. The molecule has 9 heteroatoms. The van der Waals surface area contributed by atoms with E-state index in [9.17, 15) is 14.7 Å². The molecule has 0 spiro atoms. The van der Waals surface area contributed by atoms with Gasteiger partial charge in [0.25, 0.3) is 5.91 Å². The van der Waals surface area contributed by atoms with Crippen LogP contribution in [-0.2, 0) is 14.1 Å². The number of carbonyl (C=O) groups is 2. The highest BCUT2D eigenvalue weighted by molar-refractivity contribution is 7.60. The third-order valence-corrected chi connectivity index (χ3v) is 6.50. The first-order valence-electron chi connectivity index (χ1n) is 9.86. The number of benzene rings is 1. The highest BCUT2D eigenvalue weighted by Gasteiger charge is 2.21. The van der Waals surface area contributed by atoms with Crippen LogP contribution in [0.15, 0.2) is 53.3 Å². The number of halogens is 2. The molecule has 0 bridgehead atoms. The first-order chi connectivity index (χ1) is 15.2. The largest absolute Gasteiger partial charge is 0.508 e. The molecule has 2 atom stereocenters. The van der Waals surface area contributed by atoms with E-state index in [0.717, 1.165) is 5.31 Å². The van der Waals surface area contributed by atoms with Crippen LogP contribution in [0.5, 0.6) is 0 Å². The Hall–Kier alpha value is -2.11. The average molecular weight is 500 g/mol. The minimum absolute atomic E-state index is 0.0710. The Morgan fingerprint density at radius 2 is 1.88 bits per heavy atom. The van der Waals surface area contributed by atoms with Crippen LogP contribution >= 0.6 is 31.4 Å². The quantitative estimate of drug-likeness (QED) is 0.163. The van der Waals surface area contributed by atoms with Gasteiger partial charge < -0.3 is 19.7 Å². The van der Waals surface area contributed by atoms with E-state index in [1.54, 1.807) is 36.4 Å². The number of ether oxygens (including phenoxy) is 1. The van der Waals surface area contributed by atoms with Crippen molar-refractivity contribution in [3.05, 3.63) is 74.5 Å². The zero-order valence-corrected chi connectivity index (χ0v) is 21.1. The van der Waals surface area contributed by atoms with E-state index in [4.69, 9.17) is 27.7 Å². The predicted octanol–water partition coefficient (Wildman–Crippen LogP) is 6.61. The lowest BCUT2D eigenvalue weighted by Crippen LogP contribution is -2.39. The Balaban J connectivity index is 3.16. The summed E-state index contributed by atoms with van der Waals surface area (Å²) in [4.78, 5) is 24.0. The van der Waals surface area contributed by atoms with Crippen LogP contribution in [0.4, 0.5) is 0 Å². The molecule has 0 saturated heterocycles. The third kappa shape index (κ3) is 8.44. The maximum Gasteiger partial charge on any atom is 0.328 e. The fourth-order valence-corrected chi connectivity index (χ4v) is 4.73. The number of rotatable bonds is 10. The van der Waals surface area contributed by atoms with E-state index in [1.807, 2.05) is 32.7 Å². The number of allylic oxidation sites excluding steroid dienone is 5. The number of hydrogen-bond donors (Lipinski definition) is 2. The number of methoxy groups -OCH3 is 1. The number of esters is 1. The van der Waals surface area contributed by atoms with Crippen molar-refractivity contribution in [1.82, 2.24) is 5.32 Å². The van der Waals surface area contributed by atoms with E-state index < -0.39 is 26.1 Å². The van der Waals surface area contributed by atoms with Crippen LogP contribution in [0.3, 0.4) is 0 Å². The fourth-order valence-electron chi connectivity index (χ4n) is 2.55. The van der Waals surface area contributed by atoms with Crippen LogP contribution < -0.4 is 5.32 Å². The lowest BCUT2D eigenvalue weighted by Gasteiger charge is -2.15. The van der Waals surface area contributed by atoms with Crippen LogP contribution in [0.25, 0.3) is 6.08 Å². The van der Waals surface area contributed by atoms with Crippen molar-refractivity contribution >= 4 is 49.3 Å². The summed E-state index contributed by atoms with van der Waals surface area (Å²) < 4.78 is 10.5. The number of carbonyl (C=O) groups excluding carboxylic acids is 2. The van der Waals surface area contributed by atoms with Gasteiger partial charge in [-0.1, -0.05) is 41.4 Å². The van der Waals surface area contributed by atoms with E-state index in [-0.39, 0.29) is 21.4 Å². The third-order valence-electron chi connectivity index (χ3n) is 4.05. The standard InChI is InChI=1S/C23H28Cl2NO5P/c1-6-9-17(27)14-18(7-2)32(31-8-3)11-10-16-12-19(24)21(20(25)13-16)22(28)26-15(4)23(29)30-5/h6-7,9-15,27H,8H2,1-5H3,(H,26,28)/b9-6-,11-10+,17-14+,18-7+. The van der Waals surface area contributed by atoms with Crippen molar-refractivity contribution in [2.45, 2.75) is 33.7 Å². The van der Waals surface area contributed by atoms with Gasteiger partial charge in [-0.15, -0.1) is 0 Å². The molecule has 0 radical (unpaired) electrons. The maximum atomic E-state index is 12.5. The molecule has 6 nitrogen and oxygen atoms in total. The van der Waals surface area contributed by atoms with Gasteiger partial charge in [0, 0.05) is 11.9 Å². The summed E-state index contributed by atoms with van der Waals surface area (Å²) >= 11 is 12.6. The van der Waals surface area contributed by atoms with E-state index in [0.29, 0.717) is 12.2 Å². The molecule has 174 valence electrons. The summed E-state index contributed by atoms with van der Waals surface area (Å²) in [6.07, 6.45) is 8.66. The Morgan fingerprint density at radius 3 is 2.38 bits per heavy atom. The fraction of sp³-hybridized carbons (Fsp3) is 0.304. The van der Waals surface area contributed by atoms with Gasteiger partial charge >= 0.3 is 5.97 Å². The predicted molar refractivity (Wildman–Crippen MR) is 132 cm³/mol. The van der Waals surface area contributed by atoms with Gasteiger partial charge in [0.15, 0.2) is 0 Å². The maximum absolute atomic E-state index is 12.5. The molecule has 0 aliphatic heterocycles. The smallest absolute Gasteiger partial charge is 0.328 e. The van der Waals surface area contributed by atoms with Crippen LogP contribution in [0.1, 0.15) is 43.6 Å². The molecule has 0 aliphatic rings. The van der Waals surface area contributed by atoms with E-state index in [2.05, 4.69) is 10.1 Å². The van der Waals surface area contributed by atoms with Crippen LogP contribution in [-0.4, -0.2) is 36.7 Å². The van der Waals surface area contributed by atoms with Gasteiger partial charge in [0.2, 0.25) is 0 Å². The molecular formula is C23H28Cl2NO5P. The number of hydrogen-bond acceptors (Lipinski definition) is 5. The summed E-state index contributed by atoms with van der Waals surface area (Å²) in [6, 6.07) is 2.35. The average Bonchev–Trinajstić information content (AvgIpc) is 2.74. The lowest BCUT2D eigenvalue weighted by atomic mass is 10.1. The molecule has 1 rings (SSSR count). The highest BCUT2D eigenvalue weighted by Crippen LogP contribution is 2.49. The molecule has 0 aliphatic carbocycles. The monoisotopic (exact) mass is 499 g/mol. The van der Waals surface area contributed by atoms with Crippen molar-refractivity contribution < 1.29 is 24.0 Å². The normalized spacial score (nSPS) is 14.6. The van der Waals surface area contributed by atoms with Crippen molar-refractivity contribution in [3.8, 4) is 0 Å². The van der Waals surface area contributed by atoms with Crippen molar-refractivity contribution in [3.63, 3.8) is 0 Å². The second-order valence-electron chi connectivity index (χ2n) is 6.42. The molecule has 0 saturated carbocycles. The van der Waals surface area contributed by atoms with Crippen LogP contribution in [0.2, 0.25) is 10.0 Å². The first-order valence-corrected chi connectivity index (χ1v) is 11.9. The molecular weight excluding hydrogens is 472 g/mol. The first kappa shape index (κ1) is 27.9.